The number of nitrogens with zero attached hydrogens (tertiary/aromatic N) is 2. The summed E-state index contributed by atoms with van der Waals surface area (Å²) in [4.78, 5) is 28.2. The van der Waals surface area contributed by atoms with Gasteiger partial charge in [-0.1, -0.05) is 0 Å². The zero-order valence-electron chi connectivity index (χ0n) is 15.5. The van der Waals surface area contributed by atoms with Gasteiger partial charge < -0.3 is 19.3 Å². The second kappa shape index (κ2) is 8.19. The fourth-order valence-corrected chi connectivity index (χ4v) is 3.62. The molecule has 0 N–H and O–H groups in total. The van der Waals surface area contributed by atoms with E-state index in [1.54, 1.807) is 0 Å². The van der Waals surface area contributed by atoms with E-state index in [1.165, 1.54) is 7.11 Å². The largest absolute Gasteiger partial charge is 0.469 e. The Morgan fingerprint density at radius 3 is 2.21 bits per heavy atom. The fourth-order valence-electron chi connectivity index (χ4n) is 3.62. The van der Waals surface area contributed by atoms with Gasteiger partial charge in [0.15, 0.2) is 0 Å². The molecule has 2 aliphatic rings. The van der Waals surface area contributed by atoms with Crippen molar-refractivity contribution in [3.63, 3.8) is 0 Å². The minimum atomic E-state index is -0.446. The molecule has 1 amide bonds. The van der Waals surface area contributed by atoms with Gasteiger partial charge in [0.1, 0.15) is 5.60 Å². The highest BCUT2D eigenvalue weighted by Gasteiger charge is 2.31. The van der Waals surface area contributed by atoms with E-state index in [-0.39, 0.29) is 18.0 Å². The molecule has 2 rings (SSSR count). The molecule has 0 aromatic carbocycles. The highest BCUT2D eigenvalue weighted by Crippen LogP contribution is 2.25. The van der Waals surface area contributed by atoms with Crippen molar-refractivity contribution >= 4 is 12.1 Å². The van der Waals surface area contributed by atoms with Crippen LogP contribution in [0.25, 0.3) is 0 Å². The molecule has 6 heteroatoms. The van der Waals surface area contributed by atoms with Crippen LogP contribution in [0, 0.1) is 5.92 Å². The number of amides is 1. The molecule has 0 saturated carbocycles. The van der Waals surface area contributed by atoms with Crippen molar-refractivity contribution in [3.8, 4) is 0 Å². The van der Waals surface area contributed by atoms with E-state index in [4.69, 9.17) is 9.47 Å². The summed E-state index contributed by atoms with van der Waals surface area (Å²) >= 11 is 0. The minimum absolute atomic E-state index is 0.0512. The van der Waals surface area contributed by atoms with Crippen LogP contribution in [0.1, 0.15) is 52.9 Å². The maximum atomic E-state index is 12.2. The molecule has 24 heavy (non-hydrogen) atoms. The first-order valence-electron chi connectivity index (χ1n) is 9.10. The normalized spacial score (nSPS) is 24.3. The van der Waals surface area contributed by atoms with Crippen molar-refractivity contribution in [3.05, 3.63) is 0 Å². The van der Waals surface area contributed by atoms with Crippen LogP contribution in [-0.2, 0) is 14.3 Å². The molecule has 2 saturated heterocycles. The quantitative estimate of drug-likeness (QED) is 0.723. The third kappa shape index (κ3) is 5.36. The van der Waals surface area contributed by atoms with Crippen molar-refractivity contribution < 1.29 is 19.1 Å². The lowest BCUT2D eigenvalue weighted by atomic mass is 9.94. The number of carbonyl (C=O) groups excluding carboxylic acids is 2. The number of ether oxygens (including phenoxy) is 2. The van der Waals surface area contributed by atoms with Gasteiger partial charge in [-0.05, 0) is 66.0 Å². The number of hydrogen-bond acceptors (Lipinski definition) is 5. The van der Waals surface area contributed by atoms with Gasteiger partial charge in [0.05, 0.1) is 13.0 Å². The number of piperidine rings is 1. The Balaban J connectivity index is 1.81. The summed E-state index contributed by atoms with van der Waals surface area (Å²) in [5.74, 6) is -0.0260. The van der Waals surface area contributed by atoms with Gasteiger partial charge in [0.2, 0.25) is 0 Å². The van der Waals surface area contributed by atoms with Crippen LogP contribution >= 0.6 is 0 Å². The van der Waals surface area contributed by atoms with Gasteiger partial charge >= 0.3 is 12.1 Å². The summed E-state index contributed by atoms with van der Waals surface area (Å²) in [5.41, 5.74) is -0.446. The molecule has 0 unspecified atom stereocenters. The molecule has 2 aliphatic heterocycles. The highest BCUT2D eigenvalue weighted by atomic mass is 16.6. The van der Waals surface area contributed by atoms with Gasteiger partial charge in [0, 0.05) is 19.1 Å². The molecule has 2 fully saturated rings. The molecule has 0 aromatic rings. The Hall–Kier alpha value is -1.30. The maximum Gasteiger partial charge on any atom is 0.410 e. The third-order valence-electron chi connectivity index (χ3n) is 4.93. The monoisotopic (exact) mass is 340 g/mol. The number of esters is 1. The van der Waals surface area contributed by atoms with Gasteiger partial charge in [-0.15, -0.1) is 0 Å². The molecular formula is C18H32N2O4. The molecule has 0 aromatic heterocycles. The van der Waals surface area contributed by atoms with Crippen LogP contribution in [0.15, 0.2) is 0 Å². The van der Waals surface area contributed by atoms with Crippen LogP contribution in [-0.4, -0.2) is 66.8 Å². The molecule has 0 radical (unpaired) electrons. The average molecular weight is 340 g/mol. The third-order valence-corrected chi connectivity index (χ3v) is 4.93. The smallest absolute Gasteiger partial charge is 0.410 e. The number of carbonyl (C=O) groups is 2. The van der Waals surface area contributed by atoms with Crippen LogP contribution < -0.4 is 0 Å². The van der Waals surface area contributed by atoms with Crippen LogP contribution in [0.2, 0.25) is 0 Å². The van der Waals surface area contributed by atoms with E-state index < -0.39 is 5.60 Å². The Labute approximate surface area is 145 Å². The highest BCUT2D eigenvalue weighted by molar-refractivity contribution is 5.72. The molecule has 6 nitrogen and oxygen atoms in total. The lowest BCUT2D eigenvalue weighted by Crippen LogP contribution is -2.43. The standard InChI is InChI=1S/C18H32N2O4/c1-18(2,3)24-17(22)20-10-5-6-15(9-13-20)19-11-7-14(8-12-19)16(21)23-4/h14-15H,5-13H2,1-4H3/t15-/m1/s1. The number of likely N-dealkylation sites (tertiary alicyclic amines) is 2. The number of rotatable bonds is 2. The van der Waals surface area contributed by atoms with Crippen molar-refractivity contribution in [2.45, 2.75) is 64.5 Å². The molecule has 0 aliphatic carbocycles. The summed E-state index contributed by atoms with van der Waals surface area (Å²) in [6, 6.07) is 0.496. The zero-order chi connectivity index (χ0) is 17.7. The average Bonchev–Trinajstić information content (AvgIpc) is 2.79. The Morgan fingerprint density at radius 2 is 1.62 bits per heavy atom. The Morgan fingerprint density at radius 1 is 0.958 bits per heavy atom. The van der Waals surface area contributed by atoms with E-state index >= 15 is 0 Å². The van der Waals surface area contributed by atoms with Crippen molar-refractivity contribution in [1.82, 2.24) is 9.80 Å². The molecule has 2 heterocycles. The van der Waals surface area contributed by atoms with Crippen LogP contribution in [0.5, 0.6) is 0 Å². The summed E-state index contributed by atoms with van der Waals surface area (Å²) in [7, 11) is 1.46. The SMILES string of the molecule is COC(=O)C1CCN([C@@H]2CCCN(C(=O)OC(C)(C)C)CC2)CC1. The van der Waals surface area contributed by atoms with E-state index in [0.717, 1.165) is 58.3 Å². The van der Waals surface area contributed by atoms with Crippen molar-refractivity contribution in [1.29, 1.82) is 0 Å². The predicted molar refractivity (Wildman–Crippen MR) is 91.8 cm³/mol. The molecule has 138 valence electrons. The summed E-state index contributed by atoms with van der Waals surface area (Å²) in [5, 5.41) is 0. The second-order valence-corrected chi connectivity index (χ2v) is 7.89. The minimum Gasteiger partial charge on any atom is -0.469 e. The predicted octanol–water partition coefficient (Wildman–Crippen LogP) is 2.66. The fraction of sp³-hybridized carbons (Fsp3) is 0.889. The topological polar surface area (TPSA) is 59.1 Å². The summed E-state index contributed by atoms with van der Waals surface area (Å²) < 4.78 is 10.3. The Bertz CT molecular complexity index is 439. The van der Waals surface area contributed by atoms with E-state index in [1.807, 2.05) is 25.7 Å². The van der Waals surface area contributed by atoms with Crippen LogP contribution in [0.4, 0.5) is 4.79 Å². The van der Waals surface area contributed by atoms with E-state index in [9.17, 15) is 9.59 Å². The molecule has 0 spiro atoms. The number of hydrogen-bond donors (Lipinski definition) is 0. The molecular weight excluding hydrogens is 308 g/mol. The first kappa shape index (κ1) is 19.0. The second-order valence-electron chi connectivity index (χ2n) is 7.89. The molecule has 0 bridgehead atoms. The van der Waals surface area contributed by atoms with Gasteiger partial charge in [-0.3, -0.25) is 4.79 Å². The first-order valence-corrected chi connectivity index (χ1v) is 9.10. The lowest BCUT2D eigenvalue weighted by Gasteiger charge is -2.36. The van der Waals surface area contributed by atoms with Gasteiger partial charge in [-0.2, -0.15) is 0 Å². The Kier molecular flexibility index (Phi) is 6.49. The van der Waals surface area contributed by atoms with Gasteiger partial charge in [0.25, 0.3) is 0 Å². The van der Waals surface area contributed by atoms with E-state index in [2.05, 4.69) is 4.90 Å². The van der Waals surface area contributed by atoms with Crippen molar-refractivity contribution in [2.24, 2.45) is 5.92 Å². The first-order chi connectivity index (χ1) is 11.3. The maximum absolute atomic E-state index is 12.2. The number of methoxy groups -OCH3 is 1. The van der Waals surface area contributed by atoms with Crippen LogP contribution in [0.3, 0.4) is 0 Å². The van der Waals surface area contributed by atoms with E-state index in [0.29, 0.717) is 6.04 Å². The molecule has 1 atom stereocenters. The summed E-state index contributed by atoms with van der Waals surface area (Å²) in [6.45, 7) is 9.10. The van der Waals surface area contributed by atoms with Crippen molar-refractivity contribution in [2.75, 3.05) is 33.3 Å². The van der Waals surface area contributed by atoms with Gasteiger partial charge in [-0.25, -0.2) is 4.79 Å². The summed E-state index contributed by atoms with van der Waals surface area (Å²) in [6.07, 6.45) is 4.62. The lowest BCUT2D eigenvalue weighted by molar-refractivity contribution is -0.147. The zero-order valence-corrected chi connectivity index (χ0v) is 15.5.